The number of carbonyl (C=O) groups excluding carboxylic acids is 2. The molecule has 3 atom stereocenters. The third-order valence-electron chi connectivity index (χ3n) is 6.04. The maximum atomic E-state index is 14.8. The fraction of sp³-hybridized carbons (Fsp3) is 0.360. The summed E-state index contributed by atoms with van der Waals surface area (Å²) in [4.78, 5) is 27.4. The van der Waals surface area contributed by atoms with Gasteiger partial charge in [-0.15, -0.1) is 5.10 Å². The van der Waals surface area contributed by atoms with E-state index in [0.29, 0.717) is 11.1 Å². The Morgan fingerprint density at radius 2 is 1.91 bits per heavy atom. The van der Waals surface area contributed by atoms with Crippen LogP contribution in [0, 0.1) is 5.82 Å². The Labute approximate surface area is 196 Å². The second-order valence-corrected chi connectivity index (χ2v) is 8.78. The maximum Gasteiger partial charge on any atom is 0.245 e. The minimum absolute atomic E-state index is 0.0170. The fourth-order valence-electron chi connectivity index (χ4n) is 4.29. The number of aromatic nitrogens is 3. The number of hydrogen-bond acceptors (Lipinski definition) is 4. The van der Waals surface area contributed by atoms with Crippen LogP contribution in [0.25, 0.3) is 0 Å². The average Bonchev–Trinajstić information content (AvgIpc) is 3.47. The number of benzene rings is 2. The molecule has 1 fully saturated rings. The van der Waals surface area contributed by atoms with E-state index in [1.807, 2.05) is 44.2 Å². The number of carbonyl (C=O) groups is 2. The molecule has 1 aliphatic rings. The second-order valence-electron chi connectivity index (χ2n) is 8.78. The zero-order chi connectivity index (χ0) is 24.2. The Bertz CT molecular complexity index is 1140. The van der Waals surface area contributed by atoms with Gasteiger partial charge in [0.25, 0.3) is 0 Å². The molecule has 0 radical (unpaired) electrons. The predicted molar refractivity (Wildman–Crippen MR) is 122 cm³/mol. The highest BCUT2D eigenvalue weighted by Crippen LogP contribution is 2.28. The van der Waals surface area contributed by atoms with Gasteiger partial charge in [0.1, 0.15) is 24.6 Å². The number of halogens is 2. The number of hydrogen-bond donors (Lipinski definition) is 1. The number of rotatable bonds is 7. The number of amides is 2. The van der Waals surface area contributed by atoms with Crippen molar-refractivity contribution in [1.82, 2.24) is 25.2 Å². The highest BCUT2D eigenvalue weighted by atomic mass is 19.1. The molecular formula is C25H27F2N5O2. The van der Waals surface area contributed by atoms with Crippen molar-refractivity contribution in [3.05, 3.63) is 83.4 Å². The molecule has 1 aliphatic heterocycles. The van der Waals surface area contributed by atoms with Crippen molar-refractivity contribution in [3.63, 3.8) is 0 Å². The van der Waals surface area contributed by atoms with Crippen LogP contribution in [-0.4, -0.2) is 50.5 Å². The smallest absolute Gasteiger partial charge is 0.245 e. The van der Waals surface area contributed by atoms with Gasteiger partial charge in [0.2, 0.25) is 11.8 Å². The van der Waals surface area contributed by atoms with Gasteiger partial charge < -0.3 is 10.2 Å². The van der Waals surface area contributed by atoms with Crippen LogP contribution >= 0.6 is 0 Å². The molecule has 3 unspecified atom stereocenters. The molecule has 2 amide bonds. The Hall–Kier alpha value is -3.62. The maximum absolute atomic E-state index is 14.8. The first-order valence-electron chi connectivity index (χ1n) is 11.3. The van der Waals surface area contributed by atoms with Crippen molar-refractivity contribution in [2.75, 3.05) is 6.54 Å². The third kappa shape index (κ3) is 5.13. The van der Waals surface area contributed by atoms with Crippen molar-refractivity contribution >= 4 is 11.8 Å². The summed E-state index contributed by atoms with van der Waals surface area (Å²) in [6.45, 7) is 3.51. The van der Waals surface area contributed by atoms with E-state index in [4.69, 9.17) is 0 Å². The summed E-state index contributed by atoms with van der Waals surface area (Å²) in [5.41, 5.74) is 1.91. The van der Waals surface area contributed by atoms with E-state index in [1.54, 1.807) is 12.1 Å². The van der Waals surface area contributed by atoms with Crippen LogP contribution < -0.4 is 5.32 Å². The predicted octanol–water partition coefficient (Wildman–Crippen LogP) is 3.39. The largest absolute Gasteiger partial charge is 0.343 e. The molecule has 2 aromatic carbocycles. The summed E-state index contributed by atoms with van der Waals surface area (Å²) in [7, 11) is 0. The molecular weight excluding hydrogens is 440 g/mol. The standard InChI is InChI=1S/C25H27F2N5O2/c1-16(2)20-9-8-18(12-21(20)27)24(17-6-4-3-5-7-17)29-25(34)22-13-19(26)14-32(22)23(33)15-31-11-10-28-30-31/h3-12,16,19,22,24H,13-15H2,1-2H3,(H,29,34). The molecule has 178 valence electrons. The summed E-state index contributed by atoms with van der Waals surface area (Å²) in [5.74, 6) is -1.25. The molecule has 1 saturated heterocycles. The first-order chi connectivity index (χ1) is 16.3. The molecule has 3 aromatic rings. The van der Waals surface area contributed by atoms with Crippen molar-refractivity contribution in [3.8, 4) is 0 Å². The number of nitrogens with zero attached hydrogens (tertiary/aromatic N) is 4. The molecule has 2 heterocycles. The van der Waals surface area contributed by atoms with Gasteiger partial charge in [-0.2, -0.15) is 0 Å². The average molecular weight is 468 g/mol. The van der Waals surface area contributed by atoms with Crippen LogP contribution in [0.1, 0.15) is 48.9 Å². The summed E-state index contributed by atoms with van der Waals surface area (Å²) in [5, 5.41) is 10.4. The molecule has 1 N–H and O–H groups in total. The van der Waals surface area contributed by atoms with Gasteiger partial charge in [-0.3, -0.25) is 9.59 Å². The topological polar surface area (TPSA) is 80.1 Å². The quantitative estimate of drug-likeness (QED) is 0.578. The van der Waals surface area contributed by atoms with Gasteiger partial charge in [-0.25, -0.2) is 13.5 Å². The third-order valence-corrected chi connectivity index (χ3v) is 6.04. The molecule has 34 heavy (non-hydrogen) atoms. The van der Waals surface area contributed by atoms with Crippen molar-refractivity contribution in [2.45, 2.75) is 51.0 Å². The van der Waals surface area contributed by atoms with Gasteiger partial charge in [0, 0.05) is 12.6 Å². The lowest BCUT2D eigenvalue weighted by Gasteiger charge is -2.27. The van der Waals surface area contributed by atoms with Crippen molar-refractivity contribution in [1.29, 1.82) is 0 Å². The van der Waals surface area contributed by atoms with Gasteiger partial charge in [0.15, 0.2) is 0 Å². The Morgan fingerprint density at radius 1 is 1.15 bits per heavy atom. The number of likely N-dealkylation sites (tertiary alicyclic amines) is 1. The first-order valence-corrected chi connectivity index (χ1v) is 11.3. The van der Waals surface area contributed by atoms with Gasteiger partial charge >= 0.3 is 0 Å². The highest BCUT2D eigenvalue weighted by molar-refractivity contribution is 5.88. The van der Waals surface area contributed by atoms with Crippen LogP contribution in [0.15, 0.2) is 60.9 Å². The number of nitrogens with one attached hydrogen (secondary N) is 1. The first kappa shape index (κ1) is 23.5. The van der Waals surface area contributed by atoms with Gasteiger partial charge in [-0.1, -0.05) is 61.5 Å². The lowest BCUT2D eigenvalue weighted by atomic mass is 9.94. The van der Waals surface area contributed by atoms with Gasteiger partial charge in [-0.05, 0) is 28.7 Å². The van der Waals surface area contributed by atoms with Crippen molar-refractivity contribution < 1.29 is 18.4 Å². The lowest BCUT2D eigenvalue weighted by molar-refractivity contribution is -0.139. The molecule has 1 aromatic heterocycles. The monoisotopic (exact) mass is 467 g/mol. The van der Waals surface area contributed by atoms with E-state index in [9.17, 15) is 18.4 Å². The van der Waals surface area contributed by atoms with E-state index in [0.717, 1.165) is 5.56 Å². The normalized spacial score (nSPS) is 18.8. The van der Waals surface area contributed by atoms with Crippen LogP contribution in [0.4, 0.5) is 8.78 Å². The van der Waals surface area contributed by atoms with Crippen molar-refractivity contribution in [2.24, 2.45) is 0 Å². The Kier molecular flexibility index (Phi) is 7.00. The van der Waals surface area contributed by atoms with Gasteiger partial charge in [0.05, 0.1) is 18.8 Å². The van der Waals surface area contributed by atoms with E-state index in [-0.39, 0.29) is 31.2 Å². The van der Waals surface area contributed by atoms with Crippen LogP contribution in [0.3, 0.4) is 0 Å². The molecule has 0 spiro atoms. The number of alkyl halides is 1. The van der Waals surface area contributed by atoms with E-state index < -0.39 is 30.1 Å². The molecule has 0 saturated carbocycles. The summed E-state index contributed by atoms with van der Waals surface area (Å²) < 4.78 is 30.4. The van der Waals surface area contributed by atoms with E-state index in [1.165, 1.54) is 28.0 Å². The molecule has 4 rings (SSSR count). The zero-order valence-corrected chi connectivity index (χ0v) is 19.1. The highest BCUT2D eigenvalue weighted by Gasteiger charge is 2.40. The Morgan fingerprint density at radius 3 is 2.56 bits per heavy atom. The zero-order valence-electron chi connectivity index (χ0n) is 19.1. The van der Waals surface area contributed by atoms with Crippen LogP contribution in [-0.2, 0) is 16.1 Å². The molecule has 0 bridgehead atoms. The minimum atomic E-state index is -1.31. The lowest BCUT2D eigenvalue weighted by Crippen LogP contribution is -2.48. The SMILES string of the molecule is CC(C)c1ccc(C(NC(=O)C2CC(F)CN2C(=O)Cn2ccnn2)c2ccccc2)cc1F. The summed E-state index contributed by atoms with van der Waals surface area (Å²) in [6.07, 6.45) is 1.55. The molecule has 0 aliphatic carbocycles. The van der Waals surface area contributed by atoms with Crippen LogP contribution in [0.2, 0.25) is 0 Å². The molecule has 9 heteroatoms. The van der Waals surface area contributed by atoms with E-state index >= 15 is 0 Å². The fourth-order valence-corrected chi connectivity index (χ4v) is 4.29. The summed E-state index contributed by atoms with van der Waals surface area (Å²) in [6, 6.07) is 12.5. The minimum Gasteiger partial charge on any atom is -0.343 e. The Balaban J connectivity index is 1.59. The van der Waals surface area contributed by atoms with Crippen LogP contribution in [0.5, 0.6) is 0 Å². The van der Waals surface area contributed by atoms with E-state index in [2.05, 4.69) is 15.6 Å². The second kappa shape index (κ2) is 10.1. The molecule has 7 nitrogen and oxygen atoms in total. The summed E-state index contributed by atoms with van der Waals surface area (Å²) >= 11 is 0.